The highest BCUT2D eigenvalue weighted by atomic mass is 35.7. The molecule has 0 fully saturated rings. The molecule has 0 N–H and O–H groups in total. The van der Waals surface area contributed by atoms with Gasteiger partial charge in [-0.25, -0.2) is 0 Å². The fourth-order valence-electron chi connectivity index (χ4n) is 3.11. The van der Waals surface area contributed by atoms with Crippen molar-refractivity contribution < 1.29 is 0 Å². The van der Waals surface area contributed by atoms with Gasteiger partial charge in [-0.3, -0.25) is 0 Å². The highest BCUT2D eigenvalue weighted by molar-refractivity contribution is 8.21. The summed E-state index contributed by atoms with van der Waals surface area (Å²) < 4.78 is 0. The van der Waals surface area contributed by atoms with Gasteiger partial charge in [0.2, 0.25) is 0 Å². The molecule has 0 aliphatic rings. The smallest absolute Gasteiger partial charge is 0.0318 e. The van der Waals surface area contributed by atoms with E-state index in [2.05, 4.69) is 91.0 Å². The molecule has 4 aromatic rings. The molecular weight excluding hydrogens is 388 g/mol. The first kappa shape index (κ1) is 18.2. The Morgan fingerprint density at radius 3 is 1.44 bits per heavy atom. The summed E-state index contributed by atoms with van der Waals surface area (Å²) in [5.74, 6) is 0. The first-order chi connectivity index (χ1) is 13.4. The molecule has 0 saturated heterocycles. The van der Waals surface area contributed by atoms with Crippen LogP contribution in [-0.2, 0) is 0 Å². The third-order valence-corrected chi connectivity index (χ3v) is 6.38. The van der Waals surface area contributed by atoms with Crippen LogP contribution in [0, 0.1) is 0 Å². The van der Waals surface area contributed by atoms with Crippen LogP contribution in [0.5, 0.6) is 0 Å². The van der Waals surface area contributed by atoms with Gasteiger partial charge in [-0.1, -0.05) is 90.6 Å². The first-order valence-corrected chi connectivity index (χ1v) is 11.1. The molecule has 0 aromatic heterocycles. The van der Waals surface area contributed by atoms with Gasteiger partial charge in [0.05, 0.1) is 0 Å². The van der Waals surface area contributed by atoms with Crippen LogP contribution in [0.25, 0.3) is 22.3 Å². The van der Waals surface area contributed by atoms with Gasteiger partial charge in [-0.15, -0.1) is 0 Å². The molecule has 132 valence electrons. The van der Waals surface area contributed by atoms with Gasteiger partial charge in [0.1, 0.15) is 0 Å². The van der Waals surface area contributed by atoms with Gasteiger partial charge >= 0.3 is 0 Å². The first-order valence-electron chi connectivity index (χ1n) is 8.66. The lowest BCUT2D eigenvalue weighted by molar-refractivity contribution is 1.34. The number of hydrogen-bond donors (Lipinski definition) is 0. The van der Waals surface area contributed by atoms with Crippen molar-refractivity contribution in [3.8, 4) is 22.3 Å². The van der Waals surface area contributed by atoms with Gasteiger partial charge in [0, 0.05) is 25.8 Å². The molecule has 4 rings (SSSR count). The van der Waals surface area contributed by atoms with E-state index in [9.17, 15) is 0 Å². The summed E-state index contributed by atoms with van der Waals surface area (Å²) in [6.07, 6.45) is 0. The Morgan fingerprint density at radius 1 is 0.481 bits per heavy atom. The third kappa shape index (κ3) is 4.08. The summed E-state index contributed by atoms with van der Waals surface area (Å²) in [4.78, 5) is 3.51. The fraction of sp³-hybridized carbons (Fsp3) is 0. The van der Waals surface area contributed by atoms with E-state index in [1.165, 1.54) is 43.0 Å². The van der Waals surface area contributed by atoms with Crippen molar-refractivity contribution in [3.05, 3.63) is 103 Å². The zero-order valence-electron chi connectivity index (χ0n) is 14.5. The van der Waals surface area contributed by atoms with Gasteiger partial charge in [-0.2, -0.15) is 0 Å². The summed E-state index contributed by atoms with van der Waals surface area (Å²) in [7, 11) is 7.54. The van der Waals surface area contributed by atoms with Crippen molar-refractivity contribution in [2.24, 2.45) is 0 Å². The third-order valence-electron chi connectivity index (χ3n) is 4.31. The minimum absolute atomic E-state index is 1.07. The molecule has 0 aliphatic heterocycles. The van der Waals surface area contributed by atoms with Crippen molar-refractivity contribution in [2.45, 2.75) is 14.7 Å². The Balaban J connectivity index is 1.97. The molecular formula is C24H17ClS2. The molecule has 27 heavy (non-hydrogen) atoms. The second-order valence-electron chi connectivity index (χ2n) is 6.04. The van der Waals surface area contributed by atoms with Crippen LogP contribution < -0.4 is 0 Å². The van der Waals surface area contributed by atoms with E-state index in [4.69, 9.17) is 10.7 Å². The fourth-order valence-corrected chi connectivity index (χ4v) is 4.92. The lowest BCUT2D eigenvalue weighted by atomic mass is 9.94. The van der Waals surface area contributed by atoms with E-state index >= 15 is 0 Å². The van der Waals surface area contributed by atoms with Crippen molar-refractivity contribution in [2.75, 3.05) is 0 Å². The largest absolute Gasteiger partial charge is 0.0894 e. The average molecular weight is 405 g/mol. The summed E-state index contributed by atoms with van der Waals surface area (Å²) >= 11 is 1.78. The molecule has 0 atom stereocenters. The lowest BCUT2D eigenvalue weighted by Crippen LogP contribution is -1.91. The SMILES string of the molecule is ClSc1ccc(Sc2ccccc2)c(-c2ccccc2)c1-c1ccccc1. The van der Waals surface area contributed by atoms with Crippen LogP contribution in [0.4, 0.5) is 0 Å². The number of benzene rings is 4. The molecule has 0 aliphatic carbocycles. The summed E-state index contributed by atoms with van der Waals surface area (Å²) in [5.41, 5.74) is 4.78. The quantitative estimate of drug-likeness (QED) is 0.327. The van der Waals surface area contributed by atoms with Crippen molar-refractivity contribution in [1.29, 1.82) is 0 Å². The van der Waals surface area contributed by atoms with Crippen molar-refractivity contribution in [1.82, 2.24) is 0 Å². The second kappa shape index (κ2) is 8.71. The maximum Gasteiger partial charge on any atom is 0.0318 e. The van der Waals surface area contributed by atoms with E-state index in [1.807, 2.05) is 12.1 Å². The molecule has 0 amide bonds. The van der Waals surface area contributed by atoms with Crippen molar-refractivity contribution >= 4 is 33.4 Å². The maximum absolute atomic E-state index is 6.26. The van der Waals surface area contributed by atoms with Gasteiger partial charge in [-0.05, 0) is 57.1 Å². The molecule has 0 spiro atoms. The van der Waals surface area contributed by atoms with E-state index in [0.29, 0.717) is 0 Å². The van der Waals surface area contributed by atoms with Crippen LogP contribution in [0.15, 0.2) is 118 Å². The zero-order valence-corrected chi connectivity index (χ0v) is 16.9. The van der Waals surface area contributed by atoms with Crippen LogP contribution in [-0.4, -0.2) is 0 Å². The van der Waals surface area contributed by atoms with Gasteiger partial charge in [0.15, 0.2) is 0 Å². The summed E-state index contributed by atoms with van der Waals surface area (Å²) in [6.45, 7) is 0. The monoisotopic (exact) mass is 404 g/mol. The molecule has 0 radical (unpaired) electrons. The Hall–Kier alpha value is -2.13. The van der Waals surface area contributed by atoms with E-state index < -0.39 is 0 Å². The molecule has 0 heterocycles. The Bertz CT molecular complexity index is 1020. The topological polar surface area (TPSA) is 0 Å². The second-order valence-corrected chi connectivity index (χ2v) is 8.21. The molecule has 0 bridgehead atoms. The lowest BCUT2D eigenvalue weighted by Gasteiger charge is -2.18. The highest BCUT2D eigenvalue weighted by Crippen LogP contribution is 2.46. The summed E-state index contributed by atoms with van der Waals surface area (Å²) in [5, 5.41) is 0. The number of hydrogen-bond acceptors (Lipinski definition) is 2. The Morgan fingerprint density at radius 2 is 0.926 bits per heavy atom. The standard InChI is InChI=1S/C24H17ClS2/c25-27-22-17-16-21(26-20-14-8-3-9-15-20)23(18-10-4-1-5-11-18)24(22)19-12-6-2-7-13-19/h1-17H. The summed E-state index contributed by atoms with van der Waals surface area (Å²) in [6, 6.07) is 35.8. The van der Waals surface area contributed by atoms with Gasteiger partial charge < -0.3 is 0 Å². The zero-order chi connectivity index (χ0) is 18.5. The van der Waals surface area contributed by atoms with Crippen LogP contribution in [0.3, 0.4) is 0 Å². The van der Waals surface area contributed by atoms with E-state index in [-0.39, 0.29) is 0 Å². The maximum atomic E-state index is 6.26. The van der Waals surface area contributed by atoms with Crippen molar-refractivity contribution in [3.63, 3.8) is 0 Å². The predicted molar refractivity (Wildman–Crippen MR) is 120 cm³/mol. The molecule has 4 aromatic carbocycles. The predicted octanol–water partition coefficient (Wildman–Crippen LogP) is 8.42. The molecule has 0 unspecified atom stereocenters. The molecule has 3 heteroatoms. The van der Waals surface area contributed by atoms with Crippen LogP contribution in [0.1, 0.15) is 0 Å². The molecule has 0 nitrogen and oxygen atoms in total. The van der Waals surface area contributed by atoms with Crippen LogP contribution >= 0.6 is 33.4 Å². The number of rotatable bonds is 5. The highest BCUT2D eigenvalue weighted by Gasteiger charge is 2.17. The average Bonchev–Trinajstić information content (AvgIpc) is 2.75. The minimum Gasteiger partial charge on any atom is -0.0894 e. The minimum atomic E-state index is 1.07. The Kier molecular flexibility index (Phi) is 5.88. The normalized spacial score (nSPS) is 10.7. The van der Waals surface area contributed by atoms with E-state index in [1.54, 1.807) is 11.8 Å². The van der Waals surface area contributed by atoms with E-state index in [0.717, 1.165) is 4.90 Å². The molecule has 0 saturated carbocycles. The Labute approximate surface area is 173 Å². The van der Waals surface area contributed by atoms with Crippen LogP contribution in [0.2, 0.25) is 0 Å². The number of halogens is 1. The van der Waals surface area contributed by atoms with Gasteiger partial charge in [0.25, 0.3) is 0 Å².